The fourth-order valence-electron chi connectivity index (χ4n) is 3.32. The van der Waals surface area contributed by atoms with Crippen molar-refractivity contribution in [3.8, 4) is 10.6 Å². The monoisotopic (exact) mass is 400 g/mol. The maximum Gasteiger partial charge on any atom is 0.243 e. The topological polar surface area (TPSA) is 54.7 Å². The van der Waals surface area contributed by atoms with E-state index in [1.807, 2.05) is 24.3 Å². The van der Waals surface area contributed by atoms with Crippen LogP contribution in [0.4, 0.5) is 0 Å². The summed E-state index contributed by atoms with van der Waals surface area (Å²) < 4.78 is 27.0. The smallest absolute Gasteiger partial charge is 0.243 e. The van der Waals surface area contributed by atoms with Crippen LogP contribution in [-0.4, -0.2) is 43.9 Å². The van der Waals surface area contributed by atoms with Crippen molar-refractivity contribution in [2.45, 2.75) is 11.4 Å². The lowest BCUT2D eigenvalue weighted by atomic mass is 10.2. The van der Waals surface area contributed by atoms with Crippen molar-refractivity contribution in [1.29, 1.82) is 0 Å². The first-order valence-electron chi connectivity index (χ1n) is 9.01. The number of benzene rings is 2. The highest BCUT2D eigenvalue weighted by atomic mass is 32.2. The van der Waals surface area contributed by atoms with E-state index in [9.17, 15) is 8.42 Å². The summed E-state index contributed by atoms with van der Waals surface area (Å²) in [4.78, 5) is 6.51. The van der Waals surface area contributed by atoms with E-state index in [1.54, 1.807) is 39.9 Å². The maximum absolute atomic E-state index is 12.7. The first-order chi connectivity index (χ1) is 13.1. The van der Waals surface area contributed by atoms with E-state index in [0.29, 0.717) is 18.0 Å². The Hall–Kier alpha value is -2.06. The average Bonchev–Trinajstić information content (AvgIpc) is 3.18. The van der Waals surface area contributed by atoms with Crippen LogP contribution >= 0.6 is 11.3 Å². The number of aromatic nitrogens is 1. The van der Waals surface area contributed by atoms with Gasteiger partial charge in [-0.3, -0.25) is 0 Å². The molecule has 4 rings (SSSR count). The lowest BCUT2D eigenvalue weighted by Gasteiger charge is -2.31. The molecule has 0 saturated carbocycles. The van der Waals surface area contributed by atoms with Gasteiger partial charge in [0.1, 0.15) is 17.2 Å². The summed E-state index contributed by atoms with van der Waals surface area (Å²) in [5.74, 6) is 0. The Labute approximate surface area is 164 Å². The van der Waals surface area contributed by atoms with Gasteiger partial charge in [-0.15, -0.1) is 11.3 Å². The van der Waals surface area contributed by atoms with Crippen molar-refractivity contribution in [2.24, 2.45) is 0 Å². The van der Waals surface area contributed by atoms with Crippen molar-refractivity contribution >= 4 is 21.4 Å². The quantitative estimate of drug-likeness (QED) is 0.712. The molecular formula is C20H22N3O2S2+. The van der Waals surface area contributed by atoms with Gasteiger partial charge in [0, 0.05) is 10.9 Å². The molecule has 7 heteroatoms. The summed E-state index contributed by atoms with van der Waals surface area (Å²) >= 11 is 1.66. The molecule has 1 aliphatic rings. The molecule has 27 heavy (non-hydrogen) atoms. The highest BCUT2D eigenvalue weighted by molar-refractivity contribution is 7.89. The van der Waals surface area contributed by atoms with Gasteiger partial charge in [-0.1, -0.05) is 48.5 Å². The minimum Gasteiger partial charge on any atom is -0.328 e. The second-order valence-corrected chi connectivity index (χ2v) is 9.45. The Morgan fingerprint density at radius 2 is 1.59 bits per heavy atom. The molecule has 2 aromatic carbocycles. The summed E-state index contributed by atoms with van der Waals surface area (Å²) in [6, 6.07) is 18.9. The van der Waals surface area contributed by atoms with Gasteiger partial charge < -0.3 is 4.90 Å². The lowest BCUT2D eigenvalue weighted by Crippen LogP contribution is -3.13. The molecule has 0 aliphatic carbocycles. The van der Waals surface area contributed by atoms with E-state index in [0.717, 1.165) is 35.9 Å². The largest absolute Gasteiger partial charge is 0.328 e. The fourth-order valence-corrected chi connectivity index (χ4v) is 5.61. The lowest BCUT2D eigenvalue weighted by molar-refractivity contribution is -0.917. The molecule has 0 spiro atoms. The maximum atomic E-state index is 12.7. The Morgan fingerprint density at radius 3 is 2.26 bits per heavy atom. The van der Waals surface area contributed by atoms with Gasteiger partial charge in [0.25, 0.3) is 0 Å². The molecule has 0 unspecified atom stereocenters. The van der Waals surface area contributed by atoms with E-state index in [1.165, 1.54) is 4.90 Å². The Morgan fingerprint density at radius 1 is 0.963 bits per heavy atom. The number of nitrogens with one attached hydrogen (secondary N) is 1. The first-order valence-corrected chi connectivity index (χ1v) is 11.3. The van der Waals surface area contributed by atoms with Crippen LogP contribution in [0.1, 0.15) is 5.69 Å². The summed E-state index contributed by atoms with van der Waals surface area (Å²) in [6.07, 6.45) is 0. The molecule has 5 nitrogen and oxygen atoms in total. The van der Waals surface area contributed by atoms with Crippen molar-refractivity contribution < 1.29 is 13.3 Å². The van der Waals surface area contributed by atoms with Gasteiger partial charge in [0.2, 0.25) is 10.0 Å². The molecule has 1 fully saturated rings. The number of quaternary nitrogens is 1. The van der Waals surface area contributed by atoms with Gasteiger partial charge in [-0.25, -0.2) is 13.4 Å². The van der Waals surface area contributed by atoms with E-state index in [2.05, 4.69) is 17.5 Å². The summed E-state index contributed by atoms with van der Waals surface area (Å²) in [5, 5.41) is 3.15. The Bertz CT molecular complexity index is 980. The SMILES string of the molecule is O=S(=O)(c1ccccc1)N1CC[NH+](Cc2csc(-c3ccccc3)n2)CC1. The van der Waals surface area contributed by atoms with Crippen molar-refractivity contribution in [1.82, 2.24) is 9.29 Å². The molecule has 1 saturated heterocycles. The van der Waals surface area contributed by atoms with E-state index >= 15 is 0 Å². The number of sulfonamides is 1. The van der Waals surface area contributed by atoms with Crippen molar-refractivity contribution in [3.63, 3.8) is 0 Å². The van der Waals surface area contributed by atoms with Gasteiger partial charge >= 0.3 is 0 Å². The molecule has 1 aromatic heterocycles. The van der Waals surface area contributed by atoms with Crippen LogP contribution in [0.3, 0.4) is 0 Å². The van der Waals surface area contributed by atoms with E-state index in [-0.39, 0.29) is 0 Å². The summed E-state index contributed by atoms with van der Waals surface area (Å²) in [7, 11) is -3.38. The van der Waals surface area contributed by atoms with E-state index < -0.39 is 10.0 Å². The molecule has 1 aliphatic heterocycles. The van der Waals surface area contributed by atoms with Crippen molar-refractivity contribution in [2.75, 3.05) is 26.2 Å². The normalized spacial score (nSPS) is 16.4. The zero-order chi connectivity index (χ0) is 18.7. The standard InChI is InChI=1S/C20H21N3O2S2/c24-27(25,19-9-5-2-6-10-19)23-13-11-22(12-14-23)15-18-16-26-20(21-18)17-7-3-1-4-8-17/h1-10,16H,11-15H2/p+1. The Balaban J connectivity index is 1.37. The molecule has 140 valence electrons. The fraction of sp³-hybridized carbons (Fsp3) is 0.250. The number of thiazole rings is 1. The van der Waals surface area contributed by atoms with Crippen LogP contribution in [0.15, 0.2) is 70.9 Å². The van der Waals surface area contributed by atoms with Crippen LogP contribution < -0.4 is 4.90 Å². The second-order valence-electron chi connectivity index (χ2n) is 6.65. The Kier molecular flexibility index (Phi) is 5.36. The number of hydrogen-bond donors (Lipinski definition) is 1. The molecule has 0 bridgehead atoms. The highest BCUT2D eigenvalue weighted by Gasteiger charge is 2.30. The molecule has 3 aromatic rings. The average molecular weight is 401 g/mol. The van der Waals surface area contributed by atoms with Crippen LogP contribution in [0, 0.1) is 0 Å². The minimum absolute atomic E-state index is 0.375. The molecule has 0 amide bonds. The highest BCUT2D eigenvalue weighted by Crippen LogP contribution is 2.23. The molecular weight excluding hydrogens is 378 g/mol. The number of nitrogens with zero attached hydrogens (tertiary/aromatic N) is 2. The third kappa shape index (κ3) is 4.11. The van der Waals surface area contributed by atoms with Gasteiger partial charge in [0.15, 0.2) is 0 Å². The summed E-state index contributed by atoms with van der Waals surface area (Å²) in [5.41, 5.74) is 2.22. The predicted octanol–water partition coefficient (Wildman–Crippen LogP) is 1.90. The zero-order valence-corrected chi connectivity index (χ0v) is 16.5. The van der Waals surface area contributed by atoms with Crippen molar-refractivity contribution in [3.05, 3.63) is 71.7 Å². The third-order valence-corrected chi connectivity index (χ3v) is 7.67. The summed E-state index contributed by atoms with van der Waals surface area (Å²) in [6.45, 7) is 3.52. The zero-order valence-electron chi connectivity index (χ0n) is 14.9. The van der Waals surface area contributed by atoms with E-state index in [4.69, 9.17) is 4.98 Å². The molecule has 2 heterocycles. The van der Waals surface area contributed by atoms with Crippen LogP contribution in [-0.2, 0) is 16.6 Å². The molecule has 1 N–H and O–H groups in total. The van der Waals surface area contributed by atoms with Crippen LogP contribution in [0.5, 0.6) is 0 Å². The number of hydrogen-bond acceptors (Lipinski definition) is 4. The minimum atomic E-state index is -3.38. The molecule has 0 atom stereocenters. The van der Waals surface area contributed by atoms with Gasteiger partial charge in [-0.05, 0) is 12.1 Å². The van der Waals surface area contributed by atoms with Crippen LogP contribution in [0.2, 0.25) is 0 Å². The number of piperazine rings is 1. The third-order valence-electron chi connectivity index (χ3n) is 4.81. The number of rotatable bonds is 5. The van der Waals surface area contributed by atoms with Crippen LogP contribution in [0.25, 0.3) is 10.6 Å². The first kappa shape index (κ1) is 18.3. The van der Waals surface area contributed by atoms with Gasteiger partial charge in [0.05, 0.1) is 31.1 Å². The second kappa shape index (κ2) is 7.90. The molecule has 0 radical (unpaired) electrons. The predicted molar refractivity (Wildman–Crippen MR) is 107 cm³/mol. The van der Waals surface area contributed by atoms with Gasteiger partial charge in [-0.2, -0.15) is 4.31 Å².